The zero-order valence-corrected chi connectivity index (χ0v) is 17.5. The molecule has 0 saturated carbocycles. The van der Waals surface area contributed by atoms with Crippen molar-refractivity contribution in [1.29, 1.82) is 0 Å². The number of nitrogens with one attached hydrogen (secondary N) is 1. The molecule has 0 spiro atoms. The van der Waals surface area contributed by atoms with Gasteiger partial charge in [-0.2, -0.15) is 0 Å². The largest absolute Gasteiger partial charge is 0.495 e. The topological polar surface area (TPSA) is 75.7 Å². The maximum atomic E-state index is 12.8. The maximum Gasteiger partial charge on any atom is 0.247 e. The molecule has 6 nitrogen and oxygen atoms in total. The van der Waals surface area contributed by atoms with Gasteiger partial charge in [0.1, 0.15) is 11.8 Å². The third kappa shape index (κ3) is 4.93. The van der Waals surface area contributed by atoms with Gasteiger partial charge < -0.3 is 10.1 Å². The van der Waals surface area contributed by atoms with E-state index in [9.17, 15) is 13.2 Å². The quantitative estimate of drug-likeness (QED) is 0.786. The summed E-state index contributed by atoms with van der Waals surface area (Å²) in [5, 5.41) is 3.23. The molecule has 0 saturated heterocycles. The molecule has 0 aliphatic heterocycles. The molecule has 0 aromatic heterocycles. The highest BCUT2D eigenvalue weighted by Crippen LogP contribution is 2.33. The highest BCUT2D eigenvalue weighted by atomic mass is 35.5. The maximum absolute atomic E-state index is 12.8. The van der Waals surface area contributed by atoms with Crippen molar-refractivity contribution in [2.45, 2.75) is 26.8 Å². The normalized spacial score (nSPS) is 12.4. The van der Waals surface area contributed by atoms with E-state index >= 15 is 0 Å². The molecule has 1 atom stereocenters. The molecule has 0 aliphatic carbocycles. The summed E-state index contributed by atoms with van der Waals surface area (Å²) in [6.45, 7) is 5.21. The second-order valence-corrected chi connectivity index (χ2v) is 8.63. The Kier molecular flexibility index (Phi) is 6.38. The lowest BCUT2D eigenvalue weighted by atomic mass is 10.1. The number of hydrogen-bond acceptors (Lipinski definition) is 4. The first-order valence-corrected chi connectivity index (χ1v) is 10.5. The van der Waals surface area contributed by atoms with Gasteiger partial charge in [0.15, 0.2) is 0 Å². The Hall–Kier alpha value is -2.25. The smallest absolute Gasteiger partial charge is 0.247 e. The Balaban J connectivity index is 2.41. The van der Waals surface area contributed by atoms with E-state index < -0.39 is 22.0 Å². The van der Waals surface area contributed by atoms with Crippen LogP contribution in [0.3, 0.4) is 0 Å². The average Bonchev–Trinajstić information content (AvgIpc) is 2.57. The fourth-order valence-corrected chi connectivity index (χ4v) is 4.02. The van der Waals surface area contributed by atoms with Crippen LogP contribution in [0.1, 0.15) is 18.1 Å². The highest BCUT2D eigenvalue weighted by molar-refractivity contribution is 7.92. The van der Waals surface area contributed by atoms with E-state index in [0.717, 1.165) is 21.7 Å². The Morgan fingerprint density at radius 2 is 1.85 bits per heavy atom. The summed E-state index contributed by atoms with van der Waals surface area (Å²) in [5.74, 6) is -0.118. The molecular formula is C19H23ClN2O4S. The number of ether oxygens (including phenoxy) is 1. The van der Waals surface area contributed by atoms with Crippen LogP contribution in [-0.4, -0.2) is 33.7 Å². The van der Waals surface area contributed by atoms with Gasteiger partial charge in [0.25, 0.3) is 0 Å². The molecule has 0 aliphatic rings. The monoisotopic (exact) mass is 410 g/mol. The van der Waals surface area contributed by atoms with Crippen LogP contribution in [0.15, 0.2) is 36.4 Å². The van der Waals surface area contributed by atoms with Crippen molar-refractivity contribution in [3.63, 3.8) is 0 Å². The second kappa shape index (κ2) is 8.19. The third-order valence-corrected chi connectivity index (χ3v) is 5.73. The first kappa shape index (κ1) is 21.1. The number of sulfonamides is 1. The van der Waals surface area contributed by atoms with E-state index in [1.165, 1.54) is 14.0 Å². The first-order valence-electron chi connectivity index (χ1n) is 8.25. The molecule has 27 heavy (non-hydrogen) atoms. The lowest BCUT2D eigenvalue weighted by Crippen LogP contribution is -2.45. The molecular weight excluding hydrogens is 388 g/mol. The number of halogens is 1. The number of carbonyl (C=O) groups is 1. The summed E-state index contributed by atoms with van der Waals surface area (Å²) in [6, 6.07) is 9.27. The molecule has 8 heteroatoms. The summed E-state index contributed by atoms with van der Waals surface area (Å²) in [5.41, 5.74) is 2.53. The number of nitrogens with zero attached hydrogens (tertiary/aromatic N) is 1. The first-order chi connectivity index (χ1) is 12.5. The number of hydrogen-bond donors (Lipinski definition) is 1. The Morgan fingerprint density at radius 1 is 1.19 bits per heavy atom. The van der Waals surface area contributed by atoms with Crippen molar-refractivity contribution >= 4 is 38.9 Å². The molecule has 2 aromatic carbocycles. The van der Waals surface area contributed by atoms with Crippen molar-refractivity contribution in [3.05, 3.63) is 52.5 Å². The van der Waals surface area contributed by atoms with E-state index in [2.05, 4.69) is 5.32 Å². The zero-order valence-electron chi connectivity index (χ0n) is 15.9. The zero-order chi connectivity index (χ0) is 20.4. The molecule has 0 fully saturated rings. The molecule has 1 amide bonds. The number of methoxy groups -OCH3 is 1. The number of anilines is 2. The molecule has 0 bridgehead atoms. The average molecular weight is 411 g/mol. The van der Waals surface area contributed by atoms with Crippen molar-refractivity contribution in [2.75, 3.05) is 23.0 Å². The van der Waals surface area contributed by atoms with Gasteiger partial charge in [-0.1, -0.05) is 23.7 Å². The van der Waals surface area contributed by atoms with Gasteiger partial charge in [-0.15, -0.1) is 0 Å². The predicted molar refractivity (Wildman–Crippen MR) is 109 cm³/mol. The number of carbonyl (C=O) groups excluding carboxylic acids is 1. The van der Waals surface area contributed by atoms with Crippen LogP contribution >= 0.6 is 11.6 Å². The molecule has 1 N–H and O–H groups in total. The summed E-state index contributed by atoms with van der Waals surface area (Å²) in [4.78, 5) is 12.8. The van der Waals surface area contributed by atoms with Gasteiger partial charge in [0, 0.05) is 10.7 Å². The molecule has 146 valence electrons. The summed E-state index contributed by atoms with van der Waals surface area (Å²) in [6.07, 6.45) is 1.06. The van der Waals surface area contributed by atoms with Gasteiger partial charge in [0.2, 0.25) is 15.9 Å². The van der Waals surface area contributed by atoms with E-state index in [4.69, 9.17) is 16.3 Å². The van der Waals surface area contributed by atoms with Crippen LogP contribution in [0.2, 0.25) is 5.02 Å². The third-order valence-electron chi connectivity index (χ3n) is 4.10. The van der Waals surface area contributed by atoms with E-state index in [1.54, 1.807) is 30.3 Å². The fraction of sp³-hybridized carbons (Fsp3) is 0.316. The Morgan fingerprint density at radius 3 is 2.41 bits per heavy atom. The van der Waals surface area contributed by atoms with Gasteiger partial charge in [-0.05, 0) is 56.2 Å². The number of benzene rings is 2. The Bertz CT molecular complexity index is 960. The molecule has 0 heterocycles. The van der Waals surface area contributed by atoms with Crippen LogP contribution in [0, 0.1) is 13.8 Å². The molecule has 0 unspecified atom stereocenters. The summed E-state index contributed by atoms with van der Waals surface area (Å²) < 4.78 is 31.3. The molecule has 0 radical (unpaired) electrons. The van der Waals surface area contributed by atoms with Crippen LogP contribution < -0.4 is 14.4 Å². The minimum Gasteiger partial charge on any atom is -0.495 e. The van der Waals surface area contributed by atoms with E-state index in [1.807, 2.05) is 19.9 Å². The predicted octanol–water partition coefficient (Wildman–Crippen LogP) is 3.76. The highest BCUT2D eigenvalue weighted by Gasteiger charge is 2.31. The van der Waals surface area contributed by atoms with Crippen molar-refractivity contribution in [1.82, 2.24) is 0 Å². The number of rotatable bonds is 6. The number of amides is 1. The van der Waals surface area contributed by atoms with Crippen LogP contribution in [-0.2, 0) is 14.8 Å². The lowest BCUT2D eigenvalue weighted by Gasteiger charge is -2.29. The SMILES string of the molecule is COc1ccc(C)cc1N([C@@H](C)C(=O)Nc1ccc(C)c(Cl)c1)S(C)(=O)=O. The Labute approximate surface area is 165 Å². The lowest BCUT2D eigenvalue weighted by molar-refractivity contribution is -0.116. The minimum absolute atomic E-state index is 0.310. The van der Waals surface area contributed by atoms with Gasteiger partial charge in [0.05, 0.1) is 19.1 Å². The summed E-state index contributed by atoms with van der Waals surface area (Å²) in [7, 11) is -2.30. The minimum atomic E-state index is -3.75. The molecule has 2 rings (SSSR count). The van der Waals surface area contributed by atoms with Crippen molar-refractivity contribution in [3.8, 4) is 5.75 Å². The van der Waals surface area contributed by atoms with Crippen molar-refractivity contribution < 1.29 is 17.9 Å². The van der Waals surface area contributed by atoms with Crippen molar-refractivity contribution in [2.24, 2.45) is 0 Å². The van der Waals surface area contributed by atoms with Gasteiger partial charge in [-0.3, -0.25) is 9.10 Å². The number of aryl methyl sites for hydroxylation is 2. The molecule has 2 aromatic rings. The van der Waals surface area contributed by atoms with Gasteiger partial charge >= 0.3 is 0 Å². The van der Waals surface area contributed by atoms with Crippen LogP contribution in [0.5, 0.6) is 5.75 Å². The van der Waals surface area contributed by atoms with E-state index in [-0.39, 0.29) is 0 Å². The van der Waals surface area contributed by atoms with E-state index in [0.29, 0.717) is 22.1 Å². The van der Waals surface area contributed by atoms with Gasteiger partial charge in [-0.25, -0.2) is 8.42 Å². The van der Waals surface area contributed by atoms with Crippen LogP contribution in [0.4, 0.5) is 11.4 Å². The van der Waals surface area contributed by atoms with Crippen LogP contribution in [0.25, 0.3) is 0 Å². The fourth-order valence-electron chi connectivity index (χ4n) is 2.67. The standard InChI is InChI=1S/C19H23ClN2O4S/c1-12-6-9-18(26-4)17(10-12)22(27(5,24)25)14(3)19(23)21-15-8-7-13(2)16(20)11-15/h6-11,14H,1-5H3,(H,21,23)/t14-/m0/s1. The second-order valence-electron chi connectivity index (χ2n) is 6.36. The summed E-state index contributed by atoms with van der Waals surface area (Å²) >= 11 is 6.09.